The number of amides is 1. The fourth-order valence-corrected chi connectivity index (χ4v) is 4.48. The number of Topliss-reactive ketones (excluding diaryl/α,β-unsaturated/α-hetero) is 1. The van der Waals surface area contributed by atoms with Gasteiger partial charge < -0.3 is 10.1 Å². The van der Waals surface area contributed by atoms with E-state index in [0.717, 1.165) is 41.4 Å². The Morgan fingerprint density at radius 3 is 1.85 bits per heavy atom. The van der Waals surface area contributed by atoms with E-state index in [9.17, 15) is 14.0 Å². The molecule has 0 heterocycles. The van der Waals surface area contributed by atoms with Gasteiger partial charge in [0.1, 0.15) is 11.6 Å². The van der Waals surface area contributed by atoms with E-state index < -0.39 is 5.41 Å². The van der Waals surface area contributed by atoms with Gasteiger partial charge in [0.15, 0.2) is 0 Å². The molecule has 2 atom stereocenters. The molecule has 1 amide bonds. The van der Waals surface area contributed by atoms with Crippen LogP contribution in [0.5, 0.6) is 0 Å². The Kier molecular flexibility index (Phi) is 19.5. The van der Waals surface area contributed by atoms with Gasteiger partial charge in [-0.3, -0.25) is 4.79 Å². The van der Waals surface area contributed by atoms with Crippen molar-refractivity contribution in [2.75, 3.05) is 0 Å². The zero-order valence-electron chi connectivity index (χ0n) is 27.5. The highest BCUT2D eigenvalue weighted by atomic mass is 35.5. The number of ketones is 1. The highest BCUT2D eigenvalue weighted by Crippen LogP contribution is 2.33. The number of aryl methyl sites for hydroxylation is 1. The van der Waals surface area contributed by atoms with Gasteiger partial charge in [-0.2, -0.15) is 0 Å². The van der Waals surface area contributed by atoms with Crippen molar-refractivity contribution in [2.24, 2.45) is 11.8 Å². The summed E-state index contributed by atoms with van der Waals surface area (Å²) in [5.74, 6) is 1.90. The van der Waals surface area contributed by atoms with Crippen LogP contribution in [0.1, 0.15) is 136 Å². The number of carbonyl (C=O) groups is 2. The zero-order valence-corrected chi connectivity index (χ0v) is 28.3. The molecule has 2 unspecified atom stereocenters. The Bertz CT molecular complexity index is 1010. The van der Waals surface area contributed by atoms with Gasteiger partial charge in [0.2, 0.25) is 5.91 Å². The third-order valence-electron chi connectivity index (χ3n) is 7.19. The van der Waals surface area contributed by atoms with Crippen molar-refractivity contribution in [3.8, 4) is 0 Å². The van der Waals surface area contributed by atoms with E-state index in [1.165, 1.54) is 64.5 Å². The van der Waals surface area contributed by atoms with Crippen LogP contribution in [-0.2, 0) is 15.0 Å². The van der Waals surface area contributed by atoms with E-state index >= 15 is 0 Å². The smallest absolute Gasteiger partial charge is 0.230 e. The molecule has 1 saturated carbocycles. The SMILES string of the molecule is CC(C)=O.CC1CC1.CCCC(C)(C(=O)NC(C)c1ccc(F)cc1)c1ccc(Cl)c(C)c1.CCCC(C)CCC. The molecule has 0 bridgehead atoms. The standard InChI is InChI=1S/C21H25ClFNO.C8H18.C4H8.C3H6O/c1-5-12-21(4,17-8-11-19(22)14(2)13-17)20(25)24-15(3)16-6-9-18(23)10-7-16;1-4-6-8(3)7-5-2;1-4-2-3-4;1-3(2)4/h6-11,13,15H,5,12H2,1-4H3,(H,24,25);8H,4-7H2,1-3H3;4H,2-3H2,1H3;1-2H3. The lowest BCUT2D eigenvalue weighted by Gasteiger charge is -2.31. The average Bonchev–Trinajstić information content (AvgIpc) is 3.68. The highest BCUT2D eigenvalue weighted by Gasteiger charge is 2.35. The molecular weight excluding hydrogens is 533 g/mol. The van der Waals surface area contributed by atoms with Gasteiger partial charge in [-0.05, 0) is 87.8 Å². The fraction of sp³-hybridized carbons (Fsp3) is 0.611. The molecule has 0 aromatic heterocycles. The molecule has 232 valence electrons. The van der Waals surface area contributed by atoms with Crippen LogP contribution in [0.4, 0.5) is 4.39 Å². The number of rotatable bonds is 10. The molecule has 0 radical (unpaired) electrons. The first-order valence-corrected chi connectivity index (χ1v) is 15.9. The second-order valence-electron chi connectivity index (χ2n) is 12.1. The van der Waals surface area contributed by atoms with Crippen molar-refractivity contribution < 1.29 is 14.0 Å². The number of hydrogen-bond acceptors (Lipinski definition) is 2. The highest BCUT2D eigenvalue weighted by molar-refractivity contribution is 6.31. The monoisotopic (exact) mass is 589 g/mol. The van der Waals surface area contributed by atoms with Crippen molar-refractivity contribution in [3.63, 3.8) is 0 Å². The van der Waals surface area contributed by atoms with Crippen LogP contribution in [0.15, 0.2) is 42.5 Å². The number of benzene rings is 2. The molecule has 0 saturated heterocycles. The second-order valence-corrected chi connectivity index (χ2v) is 12.5. The minimum absolute atomic E-state index is 0.0344. The molecule has 0 spiro atoms. The van der Waals surface area contributed by atoms with E-state index in [-0.39, 0.29) is 23.5 Å². The largest absolute Gasteiger partial charge is 0.349 e. The van der Waals surface area contributed by atoms with Crippen LogP contribution in [-0.4, -0.2) is 11.7 Å². The van der Waals surface area contributed by atoms with Crippen LogP contribution in [0.25, 0.3) is 0 Å². The summed E-state index contributed by atoms with van der Waals surface area (Å²) in [4.78, 5) is 22.5. The summed E-state index contributed by atoms with van der Waals surface area (Å²) in [5.41, 5.74) is 2.15. The van der Waals surface area contributed by atoms with Crippen molar-refractivity contribution in [1.29, 1.82) is 0 Å². The van der Waals surface area contributed by atoms with E-state index in [0.29, 0.717) is 5.02 Å². The first-order chi connectivity index (χ1) is 19.2. The molecule has 3 nitrogen and oxygen atoms in total. The van der Waals surface area contributed by atoms with Crippen LogP contribution < -0.4 is 5.32 Å². The Morgan fingerprint density at radius 2 is 1.46 bits per heavy atom. The van der Waals surface area contributed by atoms with Crippen molar-refractivity contribution >= 4 is 23.3 Å². The van der Waals surface area contributed by atoms with Gasteiger partial charge in [0.05, 0.1) is 11.5 Å². The minimum atomic E-state index is -0.640. The Morgan fingerprint density at radius 1 is 0.976 bits per heavy atom. The molecule has 1 N–H and O–H groups in total. The van der Waals surface area contributed by atoms with Gasteiger partial charge in [-0.1, -0.05) is 115 Å². The fourth-order valence-electron chi connectivity index (χ4n) is 4.36. The predicted molar refractivity (Wildman–Crippen MR) is 175 cm³/mol. The number of halogens is 2. The Hall–Kier alpha value is -2.20. The third kappa shape index (κ3) is 16.7. The maximum absolute atomic E-state index is 13.1. The summed E-state index contributed by atoms with van der Waals surface area (Å²) >= 11 is 6.13. The molecule has 2 aromatic rings. The predicted octanol–water partition coefficient (Wildman–Crippen LogP) is 11.0. The molecule has 41 heavy (non-hydrogen) atoms. The van der Waals surface area contributed by atoms with Crippen molar-refractivity contribution in [2.45, 2.75) is 132 Å². The van der Waals surface area contributed by atoms with Crippen LogP contribution in [0.3, 0.4) is 0 Å². The van der Waals surface area contributed by atoms with E-state index in [2.05, 4.69) is 39.9 Å². The summed E-state index contributed by atoms with van der Waals surface area (Å²) in [6, 6.07) is 11.8. The maximum Gasteiger partial charge on any atom is 0.230 e. The lowest BCUT2D eigenvalue weighted by molar-refractivity contribution is -0.127. The molecule has 0 aliphatic heterocycles. The summed E-state index contributed by atoms with van der Waals surface area (Å²) in [7, 11) is 0. The molecular formula is C36H57ClFNO2. The third-order valence-corrected chi connectivity index (χ3v) is 7.62. The topological polar surface area (TPSA) is 46.2 Å². The summed E-state index contributed by atoms with van der Waals surface area (Å²) in [5, 5.41) is 3.78. The van der Waals surface area contributed by atoms with Crippen LogP contribution in [0, 0.1) is 24.6 Å². The average molecular weight is 590 g/mol. The van der Waals surface area contributed by atoms with Crippen LogP contribution in [0.2, 0.25) is 5.02 Å². The number of hydrogen-bond donors (Lipinski definition) is 1. The van der Waals surface area contributed by atoms with Crippen molar-refractivity contribution in [1.82, 2.24) is 5.32 Å². The van der Waals surface area contributed by atoms with E-state index in [1.54, 1.807) is 12.1 Å². The zero-order chi connectivity index (χ0) is 31.6. The Balaban J connectivity index is 0.000000811. The first-order valence-electron chi connectivity index (χ1n) is 15.5. The first kappa shape index (κ1) is 38.8. The van der Waals surface area contributed by atoms with E-state index in [4.69, 9.17) is 11.6 Å². The van der Waals surface area contributed by atoms with Gasteiger partial charge in [0, 0.05) is 5.02 Å². The summed E-state index contributed by atoms with van der Waals surface area (Å²) in [6.45, 7) is 20.1. The minimum Gasteiger partial charge on any atom is -0.349 e. The van der Waals surface area contributed by atoms with Gasteiger partial charge in [0.25, 0.3) is 0 Å². The van der Waals surface area contributed by atoms with Crippen molar-refractivity contribution in [3.05, 3.63) is 70.0 Å². The van der Waals surface area contributed by atoms with Gasteiger partial charge in [-0.15, -0.1) is 0 Å². The molecule has 1 aliphatic rings. The van der Waals surface area contributed by atoms with Crippen LogP contribution >= 0.6 is 11.6 Å². The molecule has 2 aromatic carbocycles. The number of nitrogens with one attached hydrogen (secondary N) is 1. The van der Waals surface area contributed by atoms with Gasteiger partial charge >= 0.3 is 0 Å². The lowest BCUT2D eigenvalue weighted by atomic mass is 9.77. The molecule has 3 rings (SSSR count). The maximum atomic E-state index is 13.1. The van der Waals surface area contributed by atoms with E-state index in [1.807, 2.05) is 39.0 Å². The normalized spacial score (nSPS) is 14.2. The second kappa shape index (κ2) is 20.6. The van der Waals surface area contributed by atoms with Gasteiger partial charge in [-0.25, -0.2) is 4.39 Å². The molecule has 1 aliphatic carbocycles. The lowest BCUT2D eigenvalue weighted by Crippen LogP contribution is -2.43. The number of carbonyl (C=O) groups excluding carboxylic acids is 2. The molecule has 5 heteroatoms. The quantitative estimate of drug-likeness (QED) is 0.299. The Labute approximate surface area is 256 Å². The summed E-state index contributed by atoms with van der Waals surface area (Å²) < 4.78 is 13.1. The molecule has 1 fully saturated rings. The summed E-state index contributed by atoms with van der Waals surface area (Å²) in [6.07, 6.45) is 10.1.